The van der Waals surface area contributed by atoms with Crippen LogP contribution in [0.5, 0.6) is 0 Å². The number of nitrogens with zero attached hydrogens (tertiary/aromatic N) is 3. The molecule has 24 heavy (non-hydrogen) atoms. The van der Waals surface area contributed by atoms with Gasteiger partial charge in [0.05, 0.1) is 12.5 Å². The van der Waals surface area contributed by atoms with Gasteiger partial charge in [0.2, 0.25) is 17.6 Å². The minimum atomic E-state index is -1.55. The molecule has 2 N–H and O–H groups in total. The monoisotopic (exact) mass is 340 g/mol. The third kappa shape index (κ3) is 3.12. The summed E-state index contributed by atoms with van der Waals surface area (Å²) in [6, 6.07) is 1.60. The molecule has 9 heteroatoms. The number of carbonyl (C=O) groups excluding carboxylic acids is 1. The number of hydrogen-bond donors (Lipinski definition) is 1. The second kappa shape index (κ2) is 6.23. The molecule has 3 rings (SSSR count). The predicted molar refractivity (Wildman–Crippen MR) is 76.7 cm³/mol. The molecule has 2 atom stereocenters. The second-order valence-electron chi connectivity index (χ2n) is 5.95. The molecule has 0 bridgehead atoms. The third-order valence-electron chi connectivity index (χ3n) is 4.12. The van der Waals surface area contributed by atoms with E-state index in [2.05, 4.69) is 10.1 Å². The zero-order valence-electron chi connectivity index (χ0n) is 12.8. The fourth-order valence-electron chi connectivity index (χ4n) is 2.88. The van der Waals surface area contributed by atoms with E-state index in [9.17, 15) is 18.0 Å². The molecular weight excluding hydrogens is 325 g/mol. The third-order valence-corrected chi connectivity index (χ3v) is 4.12. The number of hydrogen-bond acceptors (Lipinski definition) is 5. The van der Waals surface area contributed by atoms with Crippen LogP contribution in [0.4, 0.5) is 13.2 Å². The van der Waals surface area contributed by atoms with Gasteiger partial charge in [-0.2, -0.15) is 4.98 Å². The number of nitrogens with two attached hydrogens (primary N) is 1. The molecule has 1 fully saturated rings. The SMILES string of the molecule is C[C@@H]1CN(Cc2nc(-c3cc(F)c(F)c(F)c3)no2)C[C@H]1C(N)=O. The summed E-state index contributed by atoms with van der Waals surface area (Å²) < 4.78 is 44.6. The van der Waals surface area contributed by atoms with Crippen LogP contribution in [-0.4, -0.2) is 34.0 Å². The van der Waals surface area contributed by atoms with E-state index in [0.29, 0.717) is 13.1 Å². The summed E-state index contributed by atoms with van der Waals surface area (Å²) in [5.74, 6) is -4.49. The lowest BCUT2D eigenvalue weighted by Gasteiger charge is -2.11. The summed E-state index contributed by atoms with van der Waals surface area (Å²) in [7, 11) is 0. The minimum Gasteiger partial charge on any atom is -0.369 e. The molecule has 1 aliphatic heterocycles. The minimum absolute atomic E-state index is 0.0220. The summed E-state index contributed by atoms with van der Waals surface area (Å²) in [5, 5.41) is 3.65. The van der Waals surface area contributed by atoms with E-state index < -0.39 is 17.5 Å². The van der Waals surface area contributed by atoms with Crippen LogP contribution in [0.15, 0.2) is 16.7 Å². The van der Waals surface area contributed by atoms with Gasteiger partial charge >= 0.3 is 0 Å². The maximum Gasteiger partial charge on any atom is 0.241 e. The molecule has 0 radical (unpaired) electrons. The molecule has 1 aromatic heterocycles. The first-order valence-electron chi connectivity index (χ1n) is 7.34. The molecule has 0 aliphatic carbocycles. The average molecular weight is 340 g/mol. The second-order valence-corrected chi connectivity index (χ2v) is 5.95. The maximum absolute atomic E-state index is 13.3. The lowest BCUT2D eigenvalue weighted by atomic mass is 9.98. The van der Waals surface area contributed by atoms with Gasteiger partial charge in [-0.25, -0.2) is 13.2 Å². The van der Waals surface area contributed by atoms with Crippen molar-refractivity contribution in [2.75, 3.05) is 13.1 Å². The Morgan fingerprint density at radius 2 is 2.00 bits per heavy atom. The molecule has 2 heterocycles. The van der Waals surface area contributed by atoms with Crippen LogP contribution in [0.25, 0.3) is 11.4 Å². The van der Waals surface area contributed by atoms with E-state index in [1.807, 2.05) is 11.8 Å². The van der Waals surface area contributed by atoms with Gasteiger partial charge in [-0.1, -0.05) is 12.1 Å². The molecule has 1 aromatic carbocycles. The van der Waals surface area contributed by atoms with Gasteiger partial charge in [-0.05, 0) is 18.1 Å². The van der Waals surface area contributed by atoms with E-state index >= 15 is 0 Å². The summed E-state index contributed by atoms with van der Waals surface area (Å²) in [5.41, 5.74) is 5.32. The molecular formula is C15H15F3N4O2. The lowest BCUT2D eigenvalue weighted by Crippen LogP contribution is -2.29. The number of amides is 1. The van der Waals surface area contributed by atoms with Crippen LogP contribution in [0.2, 0.25) is 0 Å². The topological polar surface area (TPSA) is 85.2 Å². The molecule has 0 spiro atoms. The number of carbonyl (C=O) groups is 1. The van der Waals surface area contributed by atoms with Gasteiger partial charge in [-0.3, -0.25) is 9.69 Å². The van der Waals surface area contributed by atoms with Crippen LogP contribution in [0.1, 0.15) is 12.8 Å². The van der Waals surface area contributed by atoms with Crippen LogP contribution in [-0.2, 0) is 11.3 Å². The number of aromatic nitrogens is 2. The van der Waals surface area contributed by atoms with Gasteiger partial charge in [0.1, 0.15) is 0 Å². The van der Waals surface area contributed by atoms with E-state index in [0.717, 1.165) is 12.1 Å². The van der Waals surface area contributed by atoms with Gasteiger partial charge in [0.15, 0.2) is 17.5 Å². The zero-order valence-corrected chi connectivity index (χ0v) is 12.8. The van der Waals surface area contributed by atoms with E-state index in [4.69, 9.17) is 10.3 Å². The van der Waals surface area contributed by atoms with Crippen molar-refractivity contribution in [1.29, 1.82) is 0 Å². The largest absolute Gasteiger partial charge is 0.369 e. The summed E-state index contributed by atoms with van der Waals surface area (Å²) >= 11 is 0. The molecule has 1 aliphatic rings. The normalized spacial score (nSPS) is 21.3. The Labute approximate surface area is 135 Å². The first-order valence-corrected chi connectivity index (χ1v) is 7.34. The number of rotatable bonds is 4. The molecule has 2 aromatic rings. The molecule has 128 valence electrons. The highest BCUT2D eigenvalue weighted by atomic mass is 19.2. The Morgan fingerprint density at radius 1 is 1.33 bits per heavy atom. The number of primary amides is 1. The van der Waals surface area contributed by atoms with Crippen LogP contribution >= 0.6 is 0 Å². The summed E-state index contributed by atoms with van der Waals surface area (Å²) in [6.07, 6.45) is 0. The van der Waals surface area contributed by atoms with Crippen molar-refractivity contribution >= 4 is 5.91 Å². The van der Waals surface area contributed by atoms with Gasteiger partial charge in [-0.15, -0.1) is 0 Å². The van der Waals surface area contributed by atoms with Crippen LogP contribution < -0.4 is 5.73 Å². The number of benzene rings is 1. The standard InChI is InChI=1S/C15H15F3N4O2/c1-7-4-22(5-9(7)14(19)23)6-12-20-15(21-24-12)8-2-10(16)13(18)11(17)3-8/h2-3,7,9H,4-6H2,1H3,(H2,19,23)/t7-,9-/m1/s1. The first-order chi connectivity index (χ1) is 11.3. The van der Waals surface area contributed by atoms with Crippen molar-refractivity contribution in [2.24, 2.45) is 17.6 Å². The lowest BCUT2D eigenvalue weighted by molar-refractivity contribution is -0.122. The molecule has 0 saturated carbocycles. The summed E-state index contributed by atoms with van der Waals surface area (Å²) in [4.78, 5) is 17.3. The Hall–Kier alpha value is -2.42. The highest BCUT2D eigenvalue weighted by Crippen LogP contribution is 2.25. The van der Waals surface area contributed by atoms with E-state index in [1.165, 1.54) is 0 Å². The number of likely N-dealkylation sites (tertiary alicyclic amines) is 1. The van der Waals surface area contributed by atoms with Crippen molar-refractivity contribution in [2.45, 2.75) is 13.5 Å². The first kappa shape index (κ1) is 16.4. The van der Waals surface area contributed by atoms with E-state index in [-0.39, 0.29) is 41.6 Å². The fraction of sp³-hybridized carbons (Fsp3) is 0.400. The quantitative estimate of drug-likeness (QED) is 0.857. The van der Waals surface area contributed by atoms with Crippen molar-refractivity contribution in [1.82, 2.24) is 15.0 Å². The van der Waals surface area contributed by atoms with Crippen molar-refractivity contribution in [3.05, 3.63) is 35.5 Å². The fourth-order valence-corrected chi connectivity index (χ4v) is 2.88. The Balaban J connectivity index is 1.74. The highest BCUT2D eigenvalue weighted by Gasteiger charge is 2.34. The highest BCUT2D eigenvalue weighted by molar-refractivity contribution is 5.77. The molecule has 1 amide bonds. The van der Waals surface area contributed by atoms with Crippen LogP contribution in [0.3, 0.4) is 0 Å². The Bertz CT molecular complexity index is 757. The van der Waals surface area contributed by atoms with Crippen molar-refractivity contribution < 1.29 is 22.5 Å². The van der Waals surface area contributed by atoms with Crippen molar-refractivity contribution in [3.63, 3.8) is 0 Å². The predicted octanol–water partition coefficient (Wildman–Crippen LogP) is 1.71. The van der Waals surface area contributed by atoms with E-state index in [1.54, 1.807) is 0 Å². The smallest absolute Gasteiger partial charge is 0.241 e. The van der Waals surface area contributed by atoms with Gasteiger partial charge in [0, 0.05) is 18.7 Å². The Morgan fingerprint density at radius 3 is 2.58 bits per heavy atom. The molecule has 0 unspecified atom stereocenters. The number of halogens is 3. The summed E-state index contributed by atoms with van der Waals surface area (Å²) in [6.45, 7) is 3.34. The Kier molecular flexibility index (Phi) is 4.27. The maximum atomic E-state index is 13.3. The van der Waals surface area contributed by atoms with Crippen molar-refractivity contribution in [3.8, 4) is 11.4 Å². The van der Waals surface area contributed by atoms with Gasteiger partial charge < -0.3 is 10.3 Å². The average Bonchev–Trinajstić information content (AvgIpc) is 3.11. The van der Waals surface area contributed by atoms with Crippen LogP contribution in [0, 0.1) is 29.3 Å². The zero-order chi connectivity index (χ0) is 17.4. The molecule has 1 saturated heterocycles. The van der Waals surface area contributed by atoms with Gasteiger partial charge in [0.25, 0.3) is 0 Å². The molecule has 6 nitrogen and oxygen atoms in total.